The zero-order valence-corrected chi connectivity index (χ0v) is 13.3. The van der Waals surface area contributed by atoms with E-state index in [1.54, 1.807) is 36.4 Å². The summed E-state index contributed by atoms with van der Waals surface area (Å²) in [6, 6.07) is 27.7. The van der Waals surface area contributed by atoms with Crippen LogP contribution in [0.4, 0.5) is 0 Å². The highest BCUT2D eigenvalue weighted by molar-refractivity contribution is 5.25. The number of ether oxygens (including phenoxy) is 4. The molecule has 0 aromatic heterocycles. The third kappa shape index (κ3) is 4.06. The van der Waals surface area contributed by atoms with Crippen LogP contribution in [-0.4, -0.2) is 13.3 Å². The van der Waals surface area contributed by atoms with Crippen LogP contribution >= 0.6 is 0 Å². The molecule has 3 aromatic rings. The first-order valence-corrected chi connectivity index (χ1v) is 7.57. The van der Waals surface area contributed by atoms with Gasteiger partial charge in [-0.3, -0.25) is 4.74 Å². The van der Waals surface area contributed by atoms with Gasteiger partial charge >= 0.3 is 6.16 Å². The number of methoxy groups -OCH3 is 1. The van der Waals surface area contributed by atoms with Crippen molar-refractivity contribution in [2.45, 2.75) is 6.16 Å². The third-order valence-corrected chi connectivity index (χ3v) is 3.21. The van der Waals surface area contributed by atoms with Crippen molar-refractivity contribution in [3.05, 3.63) is 91.0 Å². The molecule has 24 heavy (non-hydrogen) atoms. The Balaban J connectivity index is 1.91. The van der Waals surface area contributed by atoms with E-state index in [0.717, 1.165) is 0 Å². The van der Waals surface area contributed by atoms with Gasteiger partial charge in [-0.25, -0.2) is 0 Å². The van der Waals surface area contributed by atoms with Crippen LogP contribution in [0.3, 0.4) is 0 Å². The second-order valence-electron chi connectivity index (χ2n) is 4.95. The summed E-state index contributed by atoms with van der Waals surface area (Å²) in [4.78, 5) is 0. The van der Waals surface area contributed by atoms with Gasteiger partial charge in [-0.1, -0.05) is 54.6 Å². The van der Waals surface area contributed by atoms with Crippen LogP contribution in [0.1, 0.15) is 0 Å². The first-order chi connectivity index (χ1) is 11.8. The molecule has 0 fully saturated rings. The molecule has 3 aromatic carbocycles. The molecule has 3 rings (SSSR count). The standard InChI is InChI=1S/C20H18O4/c1-21-20(22-17-11-5-2-6-12-17,23-18-13-7-3-8-14-18)24-19-15-9-4-10-16-19/h2-16H,1H3. The Kier molecular flexibility index (Phi) is 4.99. The monoisotopic (exact) mass is 322 g/mol. The molecule has 0 saturated heterocycles. The van der Waals surface area contributed by atoms with E-state index in [1.165, 1.54) is 7.11 Å². The van der Waals surface area contributed by atoms with Crippen LogP contribution in [0.2, 0.25) is 0 Å². The SMILES string of the molecule is COC(Oc1ccccc1)(Oc1ccccc1)Oc1ccccc1. The smallest absolute Gasteiger partial charge is 0.396 e. The predicted octanol–water partition coefficient (Wildman–Crippen LogP) is 4.48. The maximum Gasteiger partial charge on any atom is 0.559 e. The van der Waals surface area contributed by atoms with Crippen molar-refractivity contribution in [2.24, 2.45) is 0 Å². The molecule has 0 saturated carbocycles. The van der Waals surface area contributed by atoms with Crippen LogP contribution in [0, 0.1) is 0 Å². The molecule has 0 N–H and O–H groups in total. The molecule has 4 nitrogen and oxygen atoms in total. The van der Waals surface area contributed by atoms with E-state index in [2.05, 4.69) is 0 Å². The molecule has 0 amide bonds. The number of rotatable bonds is 7. The van der Waals surface area contributed by atoms with Crippen molar-refractivity contribution >= 4 is 0 Å². The van der Waals surface area contributed by atoms with Crippen LogP contribution in [0.5, 0.6) is 17.2 Å². The summed E-state index contributed by atoms with van der Waals surface area (Å²) in [5.74, 6) is 1.68. The maximum absolute atomic E-state index is 5.89. The van der Waals surface area contributed by atoms with E-state index in [9.17, 15) is 0 Å². The van der Waals surface area contributed by atoms with E-state index in [-0.39, 0.29) is 0 Å². The first-order valence-electron chi connectivity index (χ1n) is 7.57. The minimum absolute atomic E-state index is 0.561. The molecule has 122 valence electrons. The Bertz CT molecular complexity index is 628. The highest BCUT2D eigenvalue weighted by Gasteiger charge is 2.40. The van der Waals surface area contributed by atoms with Crippen molar-refractivity contribution in [3.8, 4) is 17.2 Å². The fourth-order valence-corrected chi connectivity index (χ4v) is 2.09. The zero-order valence-electron chi connectivity index (χ0n) is 13.3. The second-order valence-corrected chi connectivity index (χ2v) is 4.95. The first kappa shape index (κ1) is 15.9. The lowest BCUT2D eigenvalue weighted by molar-refractivity contribution is -0.396. The van der Waals surface area contributed by atoms with Gasteiger partial charge in [0.15, 0.2) is 0 Å². The Hall–Kier alpha value is -2.98. The van der Waals surface area contributed by atoms with Gasteiger partial charge in [-0.15, -0.1) is 0 Å². The lowest BCUT2D eigenvalue weighted by Gasteiger charge is -2.31. The van der Waals surface area contributed by atoms with Crippen LogP contribution < -0.4 is 14.2 Å². The predicted molar refractivity (Wildman–Crippen MR) is 91.0 cm³/mol. The molecule has 0 aliphatic carbocycles. The molecule has 0 aliphatic rings. The Labute approximate surface area is 141 Å². The van der Waals surface area contributed by atoms with Crippen molar-refractivity contribution < 1.29 is 18.9 Å². The molecular formula is C20H18O4. The summed E-state index contributed by atoms with van der Waals surface area (Å²) >= 11 is 0. The van der Waals surface area contributed by atoms with Gasteiger partial charge < -0.3 is 14.2 Å². The molecule has 0 bridgehead atoms. The summed E-state index contributed by atoms with van der Waals surface area (Å²) in [6.07, 6.45) is -1.75. The number of benzene rings is 3. The van der Waals surface area contributed by atoms with Crippen LogP contribution in [-0.2, 0) is 4.74 Å². The van der Waals surface area contributed by atoms with Gasteiger partial charge in [-0.2, -0.15) is 0 Å². The van der Waals surface area contributed by atoms with Crippen LogP contribution in [0.25, 0.3) is 0 Å². The lowest BCUT2D eigenvalue weighted by atomic mass is 10.3. The molecule has 0 atom stereocenters. The summed E-state index contributed by atoms with van der Waals surface area (Å²) in [5, 5.41) is 0. The Morgan fingerprint density at radius 3 is 1.04 bits per heavy atom. The van der Waals surface area contributed by atoms with Gasteiger partial charge in [0.05, 0.1) is 0 Å². The molecule has 0 spiro atoms. The molecular weight excluding hydrogens is 304 g/mol. The second kappa shape index (κ2) is 7.53. The highest BCUT2D eigenvalue weighted by Crippen LogP contribution is 2.27. The Morgan fingerprint density at radius 1 is 0.500 bits per heavy atom. The van der Waals surface area contributed by atoms with Gasteiger partial charge in [0.1, 0.15) is 17.2 Å². The van der Waals surface area contributed by atoms with Gasteiger partial charge in [0.2, 0.25) is 0 Å². The van der Waals surface area contributed by atoms with Gasteiger partial charge in [-0.05, 0) is 36.4 Å². The normalized spacial score (nSPS) is 10.9. The van der Waals surface area contributed by atoms with E-state index in [4.69, 9.17) is 18.9 Å². The highest BCUT2D eigenvalue weighted by atomic mass is 17.0. The van der Waals surface area contributed by atoms with Crippen molar-refractivity contribution in [1.29, 1.82) is 0 Å². The van der Waals surface area contributed by atoms with Crippen LogP contribution in [0.15, 0.2) is 91.0 Å². The van der Waals surface area contributed by atoms with Crippen molar-refractivity contribution in [1.82, 2.24) is 0 Å². The summed E-state index contributed by atoms with van der Waals surface area (Å²) < 4.78 is 23.2. The summed E-state index contributed by atoms with van der Waals surface area (Å²) in [7, 11) is 1.47. The maximum atomic E-state index is 5.89. The fourth-order valence-electron chi connectivity index (χ4n) is 2.09. The number of hydrogen-bond donors (Lipinski definition) is 0. The van der Waals surface area contributed by atoms with Crippen molar-refractivity contribution in [3.63, 3.8) is 0 Å². The Morgan fingerprint density at radius 2 is 0.792 bits per heavy atom. The molecule has 0 unspecified atom stereocenters. The molecule has 4 heteroatoms. The number of para-hydroxylation sites is 3. The minimum Gasteiger partial charge on any atom is -0.396 e. The van der Waals surface area contributed by atoms with E-state index in [0.29, 0.717) is 17.2 Å². The van der Waals surface area contributed by atoms with Crippen molar-refractivity contribution in [2.75, 3.05) is 7.11 Å². The minimum atomic E-state index is -1.75. The van der Waals surface area contributed by atoms with E-state index >= 15 is 0 Å². The van der Waals surface area contributed by atoms with E-state index in [1.807, 2.05) is 54.6 Å². The number of hydrogen-bond acceptors (Lipinski definition) is 4. The lowest BCUT2D eigenvalue weighted by Crippen LogP contribution is -2.50. The topological polar surface area (TPSA) is 36.9 Å². The van der Waals surface area contributed by atoms with E-state index < -0.39 is 6.16 Å². The summed E-state index contributed by atoms with van der Waals surface area (Å²) in [5.41, 5.74) is 0. The summed E-state index contributed by atoms with van der Waals surface area (Å²) in [6.45, 7) is 0. The largest absolute Gasteiger partial charge is 0.559 e. The average molecular weight is 322 g/mol. The average Bonchev–Trinajstić information content (AvgIpc) is 2.64. The zero-order chi connectivity index (χ0) is 16.7. The molecule has 0 heterocycles. The molecule has 0 radical (unpaired) electrons. The van der Waals surface area contributed by atoms with Gasteiger partial charge in [0.25, 0.3) is 0 Å². The molecule has 0 aliphatic heterocycles. The third-order valence-electron chi connectivity index (χ3n) is 3.21. The fraction of sp³-hybridized carbons (Fsp3) is 0.100. The van der Waals surface area contributed by atoms with Gasteiger partial charge in [0, 0.05) is 7.11 Å². The quantitative estimate of drug-likeness (QED) is 0.601.